The molecule has 1 saturated heterocycles. The maximum Gasteiger partial charge on any atom is 0.176 e. The molecule has 3 rings (SSSR count). The Morgan fingerprint density at radius 1 is 1.62 bits per heavy atom. The molecule has 16 heavy (non-hydrogen) atoms. The van der Waals surface area contributed by atoms with Gasteiger partial charge >= 0.3 is 0 Å². The number of anilines is 1. The third-order valence-electron chi connectivity index (χ3n) is 3.39. The van der Waals surface area contributed by atoms with Crippen molar-refractivity contribution < 1.29 is 5.11 Å². The smallest absolute Gasteiger partial charge is 0.176 e. The molecule has 4 nitrogen and oxygen atoms in total. The molecule has 0 amide bonds. The molecule has 2 N–H and O–H groups in total. The van der Waals surface area contributed by atoms with Crippen LogP contribution >= 0.6 is 12.2 Å². The average Bonchev–Trinajstić information content (AvgIpc) is 2.72. The highest BCUT2D eigenvalue weighted by molar-refractivity contribution is 7.80. The fourth-order valence-corrected chi connectivity index (χ4v) is 3.05. The quantitative estimate of drug-likeness (QED) is 0.712. The zero-order chi connectivity index (χ0) is 11.2. The van der Waals surface area contributed by atoms with Crippen molar-refractivity contribution in [3.8, 4) is 0 Å². The zero-order valence-corrected chi connectivity index (χ0v) is 9.57. The first kappa shape index (κ1) is 9.99. The van der Waals surface area contributed by atoms with Crippen molar-refractivity contribution in [1.29, 1.82) is 0 Å². The van der Waals surface area contributed by atoms with E-state index < -0.39 is 5.72 Å². The van der Waals surface area contributed by atoms with E-state index in [4.69, 9.17) is 12.2 Å². The summed E-state index contributed by atoms with van der Waals surface area (Å²) in [6.45, 7) is 0. The summed E-state index contributed by atoms with van der Waals surface area (Å²) in [5.41, 5.74) is -0.00738. The highest BCUT2D eigenvalue weighted by Crippen LogP contribution is 2.40. The number of thiocarbonyl (C=S) groups is 1. The molecule has 0 spiro atoms. The van der Waals surface area contributed by atoms with Gasteiger partial charge in [0.05, 0.1) is 17.9 Å². The first-order valence-electron chi connectivity index (χ1n) is 5.45. The van der Waals surface area contributed by atoms with Crippen LogP contribution in [0.3, 0.4) is 0 Å². The fraction of sp³-hybridized carbons (Fsp3) is 0.455. The van der Waals surface area contributed by atoms with Gasteiger partial charge in [-0.15, -0.1) is 0 Å². The summed E-state index contributed by atoms with van der Waals surface area (Å²) in [4.78, 5) is 5.87. The number of aliphatic hydroxyl groups is 1. The molecule has 1 aromatic rings. The number of nitrogens with one attached hydrogen (secondary N) is 1. The maximum atomic E-state index is 10.7. The van der Waals surface area contributed by atoms with Crippen LogP contribution in [0, 0.1) is 0 Å². The van der Waals surface area contributed by atoms with Crippen LogP contribution in [0.5, 0.6) is 0 Å². The number of fused-ring (bicyclic) bond motifs is 1. The minimum atomic E-state index is -0.861. The summed E-state index contributed by atoms with van der Waals surface area (Å²) in [7, 11) is 0. The molecule has 5 heteroatoms. The number of hydrogen-bond acceptors (Lipinski definition) is 3. The summed E-state index contributed by atoms with van der Waals surface area (Å²) in [5.74, 6) is 0. The Balaban J connectivity index is 2.03. The first-order valence-corrected chi connectivity index (χ1v) is 5.86. The van der Waals surface area contributed by atoms with Gasteiger partial charge in [0.1, 0.15) is 0 Å². The molecule has 2 fully saturated rings. The maximum absolute atomic E-state index is 10.7. The van der Waals surface area contributed by atoms with Crippen LogP contribution in [0.15, 0.2) is 24.5 Å². The Labute approximate surface area is 99.3 Å². The Hall–Kier alpha value is -1.20. The molecule has 1 aliphatic heterocycles. The van der Waals surface area contributed by atoms with Gasteiger partial charge < -0.3 is 10.4 Å². The standard InChI is InChI=1S/C11H13N3OS/c15-11-5-1-4-9(11)13-10(16)14(11)8-3-2-6-12-7-8/h2-3,6-7,9,15H,1,4-5H2,(H,13,16). The second kappa shape index (κ2) is 3.40. The Kier molecular flexibility index (Phi) is 2.12. The first-order chi connectivity index (χ1) is 7.72. The largest absolute Gasteiger partial charge is 0.368 e. The third kappa shape index (κ3) is 1.25. The lowest BCUT2D eigenvalue weighted by atomic mass is 10.1. The number of nitrogens with zero attached hydrogens (tertiary/aromatic N) is 2. The van der Waals surface area contributed by atoms with E-state index in [1.807, 2.05) is 12.1 Å². The fourth-order valence-electron chi connectivity index (χ4n) is 2.64. The minimum absolute atomic E-state index is 0.0557. The highest BCUT2D eigenvalue weighted by Gasteiger charge is 2.53. The van der Waals surface area contributed by atoms with Crippen LogP contribution in [0.1, 0.15) is 19.3 Å². The van der Waals surface area contributed by atoms with Crippen LogP contribution in [-0.2, 0) is 0 Å². The molecule has 1 aromatic heterocycles. The third-order valence-corrected chi connectivity index (χ3v) is 3.69. The van der Waals surface area contributed by atoms with Crippen LogP contribution < -0.4 is 10.2 Å². The van der Waals surface area contributed by atoms with Crippen molar-refractivity contribution in [3.05, 3.63) is 24.5 Å². The van der Waals surface area contributed by atoms with E-state index in [0.29, 0.717) is 5.11 Å². The molecule has 2 heterocycles. The van der Waals surface area contributed by atoms with Gasteiger partial charge in [-0.25, -0.2) is 0 Å². The molecule has 0 aromatic carbocycles. The number of rotatable bonds is 1. The van der Waals surface area contributed by atoms with E-state index in [9.17, 15) is 5.11 Å². The summed E-state index contributed by atoms with van der Waals surface area (Å²) < 4.78 is 0. The van der Waals surface area contributed by atoms with Crippen molar-refractivity contribution in [2.75, 3.05) is 4.90 Å². The summed E-state index contributed by atoms with van der Waals surface area (Å²) in [6.07, 6.45) is 6.18. The lowest BCUT2D eigenvalue weighted by Gasteiger charge is -2.32. The van der Waals surface area contributed by atoms with Gasteiger partial charge in [-0.3, -0.25) is 9.88 Å². The van der Waals surface area contributed by atoms with Crippen LogP contribution in [0.4, 0.5) is 5.69 Å². The number of aromatic nitrogens is 1. The van der Waals surface area contributed by atoms with Crippen molar-refractivity contribution in [1.82, 2.24) is 10.3 Å². The number of pyridine rings is 1. The van der Waals surface area contributed by atoms with Gasteiger partial charge in [-0.1, -0.05) is 0 Å². The molecular formula is C11H13N3OS. The Bertz CT molecular complexity index is 424. The Morgan fingerprint density at radius 3 is 3.25 bits per heavy atom. The van der Waals surface area contributed by atoms with Crippen molar-refractivity contribution in [2.24, 2.45) is 0 Å². The normalized spacial score (nSPS) is 32.7. The van der Waals surface area contributed by atoms with E-state index in [1.54, 1.807) is 17.3 Å². The van der Waals surface area contributed by atoms with E-state index in [2.05, 4.69) is 10.3 Å². The lowest BCUT2D eigenvalue weighted by molar-refractivity contribution is 0.0502. The van der Waals surface area contributed by atoms with E-state index >= 15 is 0 Å². The molecule has 0 radical (unpaired) electrons. The topological polar surface area (TPSA) is 48.4 Å². The summed E-state index contributed by atoms with van der Waals surface area (Å²) >= 11 is 5.28. The predicted octanol–water partition coefficient (Wildman–Crippen LogP) is 1.02. The molecule has 2 aliphatic rings. The SMILES string of the molecule is OC12CCCC1NC(=S)N2c1cccnc1. The van der Waals surface area contributed by atoms with Crippen LogP contribution in [0.2, 0.25) is 0 Å². The molecule has 2 atom stereocenters. The van der Waals surface area contributed by atoms with E-state index in [-0.39, 0.29) is 6.04 Å². The molecular weight excluding hydrogens is 222 g/mol. The van der Waals surface area contributed by atoms with Gasteiger partial charge in [-0.2, -0.15) is 0 Å². The second-order valence-electron chi connectivity index (χ2n) is 4.32. The Morgan fingerprint density at radius 2 is 2.50 bits per heavy atom. The zero-order valence-electron chi connectivity index (χ0n) is 8.76. The predicted molar refractivity (Wildman–Crippen MR) is 65.0 cm³/mol. The van der Waals surface area contributed by atoms with Crippen molar-refractivity contribution in [3.63, 3.8) is 0 Å². The van der Waals surface area contributed by atoms with Gasteiger partial charge in [0, 0.05) is 6.20 Å². The molecule has 84 valence electrons. The lowest BCUT2D eigenvalue weighted by Crippen LogP contribution is -2.48. The number of hydrogen-bond donors (Lipinski definition) is 2. The van der Waals surface area contributed by atoms with E-state index in [1.165, 1.54) is 0 Å². The van der Waals surface area contributed by atoms with Gasteiger partial charge in [0.25, 0.3) is 0 Å². The van der Waals surface area contributed by atoms with Crippen LogP contribution in [-0.4, -0.2) is 27.0 Å². The van der Waals surface area contributed by atoms with Gasteiger partial charge in [-0.05, 0) is 43.6 Å². The molecule has 2 unspecified atom stereocenters. The average molecular weight is 235 g/mol. The van der Waals surface area contributed by atoms with E-state index in [0.717, 1.165) is 24.9 Å². The highest BCUT2D eigenvalue weighted by atomic mass is 32.1. The summed E-state index contributed by atoms with van der Waals surface area (Å²) in [6, 6.07) is 3.82. The molecule has 0 bridgehead atoms. The van der Waals surface area contributed by atoms with Gasteiger partial charge in [0.15, 0.2) is 10.8 Å². The van der Waals surface area contributed by atoms with Crippen molar-refractivity contribution >= 4 is 23.0 Å². The van der Waals surface area contributed by atoms with Crippen molar-refractivity contribution in [2.45, 2.75) is 31.0 Å². The monoisotopic (exact) mass is 235 g/mol. The second-order valence-corrected chi connectivity index (χ2v) is 4.71. The molecule has 1 saturated carbocycles. The minimum Gasteiger partial charge on any atom is -0.368 e. The van der Waals surface area contributed by atoms with Gasteiger partial charge in [0.2, 0.25) is 0 Å². The van der Waals surface area contributed by atoms with Crippen LogP contribution in [0.25, 0.3) is 0 Å². The molecule has 1 aliphatic carbocycles. The summed E-state index contributed by atoms with van der Waals surface area (Å²) in [5, 5.41) is 14.4.